The van der Waals surface area contributed by atoms with Gasteiger partial charge < -0.3 is 10.5 Å². The molecule has 0 saturated carbocycles. The zero-order valence-corrected chi connectivity index (χ0v) is 8.76. The molecular weight excluding hydrogens is 245 g/mol. The molecule has 0 spiro atoms. The van der Waals surface area contributed by atoms with Crippen LogP contribution in [0, 0.1) is 0 Å². The Bertz CT molecular complexity index is 391. The van der Waals surface area contributed by atoms with Gasteiger partial charge in [-0.25, -0.2) is 8.78 Å². The third-order valence-electron chi connectivity index (χ3n) is 2.20. The zero-order valence-electron chi connectivity index (χ0n) is 8.76. The van der Waals surface area contributed by atoms with Crippen molar-refractivity contribution in [3.05, 3.63) is 29.3 Å². The molecule has 1 atom stereocenters. The van der Waals surface area contributed by atoms with Crippen LogP contribution in [0.15, 0.2) is 18.2 Å². The van der Waals surface area contributed by atoms with Crippen LogP contribution in [0.4, 0.5) is 22.0 Å². The molecule has 0 fully saturated rings. The molecule has 0 heterocycles. The first kappa shape index (κ1) is 13.7. The summed E-state index contributed by atoms with van der Waals surface area (Å²) < 4.78 is 67.2. The molecular formula is C10H10F5NO. The number of hydrogen-bond acceptors (Lipinski definition) is 2. The number of alkyl halides is 5. The van der Waals surface area contributed by atoms with Gasteiger partial charge in [0.15, 0.2) is 0 Å². The van der Waals surface area contributed by atoms with Crippen LogP contribution in [0.2, 0.25) is 0 Å². The van der Waals surface area contributed by atoms with Crippen molar-refractivity contribution in [1.82, 2.24) is 0 Å². The van der Waals surface area contributed by atoms with E-state index in [2.05, 4.69) is 4.74 Å². The van der Waals surface area contributed by atoms with E-state index < -0.39 is 29.8 Å². The molecule has 0 radical (unpaired) electrons. The Balaban J connectivity index is 3.30. The Morgan fingerprint density at radius 1 is 1.24 bits per heavy atom. The lowest BCUT2D eigenvalue weighted by molar-refractivity contribution is -0.138. The molecule has 0 amide bonds. The van der Waals surface area contributed by atoms with Gasteiger partial charge in [-0.05, 0) is 17.7 Å². The normalized spacial score (nSPS) is 13.9. The van der Waals surface area contributed by atoms with Crippen molar-refractivity contribution in [3.63, 3.8) is 0 Å². The minimum absolute atomic E-state index is 0.0671. The summed E-state index contributed by atoms with van der Waals surface area (Å²) in [5.74, 6) is -0.0671. The Morgan fingerprint density at radius 2 is 1.82 bits per heavy atom. The summed E-state index contributed by atoms with van der Waals surface area (Å²) >= 11 is 0. The monoisotopic (exact) mass is 255 g/mol. The molecule has 1 aromatic rings. The van der Waals surface area contributed by atoms with Crippen molar-refractivity contribution >= 4 is 0 Å². The van der Waals surface area contributed by atoms with Crippen LogP contribution in [0.25, 0.3) is 0 Å². The molecule has 1 aromatic carbocycles. The highest BCUT2D eigenvalue weighted by molar-refractivity contribution is 5.39. The second kappa shape index (κ2) is 4.87. The summed E-state index contributed by atoms with van der Waals surface area (Å²) in [6.07, 6.45) is -7.82. The van der Waals surface area contributed by atoms with Crippen molar-refractivity contribution in [2.24, 2.45) is 5.73 Å². The molecule has 0 aliphatic rings. The average Bonchev–Trinajstić information content (AvgIpc) is 2.26. The summed E-state index contributed by atoms with van der Waals surface area (Å²) in [6, 6.07) is 0.737. The van der Waals surface area contributed by atoms with Crippen molar-refractivity contribution in [2.75, 3.05) is 7.11 Å². The number of rotatable bonds is 3. The van der Waals surface area contributed by atoms with Crippen LogP contribution < -0.4 is 10.5 Å². The molecule has 1 rings (SSSR count). The van der Waals surface area contributed by atoms with Crippen molar-refractivity contribution in [1.29, 1.82) is 0 Å². The third-order valence-corrected chi connectivity index (χ3v) is 2.20. The first-order chi connectivity index (χ1) is 7.77. The Labute approximate surface area is 94.2 Å². The molecule has 96 valence electrons. The van der Waals surface area contributed by atoms with Crippen LogP contribution in [-0.4, -0.2) is 13.5 Å². The Kier molecular flexibility index (Phi) is 3.92. The predicted molar refractivity (Wildman–Crippen MR) is 50.9 cm³/mol. The number of hydrogen-bond donors (Lipinski definition) is 1. The minimum Gasteiger partial charge on any atom is -0.497 e. The van der Waals surface area contributed by atoms with Gasteiger partial charge in [0.05, 0.1) is 18.7 Å². The lowest BCUT2D eigenvalue weighted by Gasteiger charge is -2.18. The minimum atomic E-state index is -4.75. The van der Waals surface area contributed by atoms with Crippen LogP contribution in [0.5, 0.6) is 5.75 Å². The van der Waals surface area contributed by atoms with Gasteiger partial charge in [-0.3, -0.25) is 0 Å². The smallest absolute Gasteiger partial charge is 0.416 e. The standard InChI is InChI=1S/C10H10F5NO/c1-17-5-2-3-6(8(16)9(11)12)7(4-5)10(13,14)15/h2-4,8-9H,16H2,1H3. The van der Waals surface area contributed by atoms with Gasteiger partial charge >= 0.3 is 6.18 Å². The van der Waals surface area contributed by atoms with E-state index in [1.165, 1.54) is 7.11 Å². The Morgan fingerprint density at radius 3 is 2.24 bits per heavy atom. The van der Waals surface area contributed by atoms with Crippen molar-refractivity contribution in [2.45, 2.75) is 18.6 Å². The molecule has 1 unspecified atom stereocenters. The third kappa shape index (κ3) is 3.06. The van der Waals surface area contributed by atoms with E-state index in [4.69, 9.17) is 5.73 Å². The van der Waals surface area contributed by atoms with Gasteiger partial charge in [-0.2, -0.15) is 13.2 Å². The largest absolute Gasteiger partial charge is 0.497 e. The Hall–Kier alpha value is -1.37. The van der Waals surface area contributed by atoms with Gasteiger partial charge in [0.2, 0.25) is 0 Å². The van der Waals surface area contributed by atoms with Gasteiger partial charge in [0.25, 0.3) is 6.43 Å². The summed E-state index contributed by atoms with van der Waals surface area (Å²) in [6.45, 7) is 0. The molecule has 0 saturated heterocycles. The van der Waals surface area contributed by atoms with E-state index in [0.29, 0.717) is 6.07 Å². The van der Waals surface area contributed by atoms with Crippen LogP contribution in [0.3, 0.4) is 0 Å². The average molecular weight is 255 g/mol. The van der Waals surface area contributed by atoms with Crippen molar-refractivity contribution < 1.29 is 26.7 Å². The van der Waals surface area contributed by atoms with Crippen LogP contribution in [-0.2, 0) is 6.18 Å². The fraction of sp³-hybridized carbons (Fsp3) is 0.400. The lowest BCUT2D eigenvalue weighted by Crippen LogP contribution is -2.23. The van der Waals surface area contributed by atoms with Gasteiger partial charge in [0, 0.05) is 0 Å². The maximum Gasteiger partial charge on any atom is 0.416 e. The maximum atomic E-state index is 12.6. The van der Waals surface area contributed by atoms with Gasteiger partial charge in [-0.15, -0.1) is 0 Å². The highest BCUT2D eigenvalue weighted by Gasteiger charge is 2.36. The lowest BCUT2D eigenvalue weighted by atomic mass is 10.0. The van der Waals surface area contributed by atoms with E-state index in [-0.39, 0.29) is 5.75 Å². The molecule has 0 aromatic heterocycles. The highest BCUT2D eigenvalue weighted by Crippen LogP contribution is 2.37. The summed E-state index contributed by atoms with van der Waals surface area (Å²) in [5.41, 5.74) is 3.19. The van der Waals surface area contributed by atoms with E-state index in [1.807, 2.05) is 0 Å². The first-order valence-electron chi connectivity index (χ1n) is 4.56. The molecule has 7 heteroatoms. The van der Waals surface area contributed by atoms with E-state index >= 15 is 0 Å². The number of halogens is 5. The SMILES string of the molecule is COc1ccc(C(N)C(F)F)c(C(F)(F)F)c1. The topological polar surface area (TPSA) is 35.2 Å². The molecule has 0 bridgehead atoms. The molecule has 17 heavy (non-hydrogen) atoms. The zero-order chi connectivity index (χ0) is 13.2. The molecule has 0 aliphatic carbocycles. The quantitative estimate of drug-likeness (QED) is 0.843. The summed E-state index contributed by atoms with van der Waals surface area (Å²) in [7, 11) is 1.18. The number of methoxy groups -OCH3 is 1. The summed E-state index contributed by atoms with van der Waals surface area (Å²) in [4.78, 5) is 0. The van der Waals surface area contributed by atoms with E-state index in [9.17, 15) is 22.0 Å². The van der Waals surface area contributed by atoms with E-state index in [0.717, 1.165) is 12.1 Å². The second-order valence-corrected chi connectivity index (χ2v) is 3.31. The van der Waals surface area contributed by atoms with Crippen LogP contribution in [0.1, 0.15) is 17.2 Å². The molecule has 2 nitrogen and oxygen atoms in total. The number of nitrogens with two attached hydrogens (primary N) is 1. The number of benzene rings is 1. The van der Waals surface area contributed by atoms with Gasteiger partial charge in [-0.1, -0.05) is 6.07 Å². The predicted octanol–water partition coefficient (Wildman–Crippen LogP) is 2.98. The fourth-order valence-corrected chi connectivity index (χ4v) is 1.33. The second-order valence-electron chi connectivity index (χ2n) is 3.31. The first-order valence-corrected chi connectivity index (χ1v) is 4.56. The molecule has 2 N–H and O–H groups in total. The molecule has 0 aliphatic heterocycles. The fourth-order valence-electron chi connectivity index (χ4n) is 1.33. The van der Waals surface area contributed by atoms with Gasteiger partial charge in [0.1, 0.15) is 5.75 Å². The maximum absolute atomic E-state index is 12.6. The number of ether oxygens (including phenoxy) is 1. The van der Waals surface area contributed by atoms with Crippen molar-refractivity contribution in [3.8, 4) is 5.75 Å². The van der Waals surface area contributed by atoms with E-state index in [1.54, 1.807) is 0 Å². The van der Waals surface area contributed by atoms with Crippen LogP contribution >= 0.6 is 0 Å². The highest BCUT2D eigenvalue weighted by atomic mass is 19.4. The summed E-state index contributed by atoms with van der Waals surface area (Å²) in [5, 5.41) is 0.